The number of rotatable bonds is 1. The zero-order valence-corrected chi connectivity index (χ0v) is 6.00. The topological polar surface area (TPSA) is 29.5 Å². The smallest absolute Gasteiger partial charge is 0.344 e. The van der Waals surface area contributed by atoms with Crippen LogP contribution in [0.3, 0.4) is 0 Å². The number of hydrogen-bond acceptors (Lipinski definition) is 3. The number of carbonyl (C=O) groups excluding carboxylic acids is 1. The molecule has 0 spiro atoms. The number of ether oxygens (including phenoxy) is 1. The lowest BCUT2D eigenvalue weighted by atomic mass is 10.3. The van der Waals surface area contributed by atoms with E-state index in [-0.39, 0.29) is 5.97 Å². The van der Waals surface area contributed by atoms with Gasteiger partial charge in [-0.1, -0.05) is 0 Å². The van der Waals surface area contributed by atoms with Crippen molar-refractivity contribution in [2.75, 3.05) is 14.1 Å². The maximum atomic E-state index is 10.7. The van der Waals surface area contributed by atoms with Gasteiger partial charge in [-0.15, -0.1) is 0 Å². The van der Waals surface area contributed by atoms with Crippen LogP contribution in [0, 0.1) is 0 Å². The van der Waals surface area contributed by atoms with Gasteiger partial charge in [0.2, 0.25) is 0 Å². The highest BCUT2D eigenvalue weighted by atomic mass is 16.5. The van der Waals surface area contributed by atoms with Gasteiger partial charge >= 0.3 is 5.97 Å². The van der Waals surface area contributed by atoms with Crippen molar-refractivity contribution in [3.05, 3.63) is 24.1 Å². The largest absolute Gasteiger partial charge is 0.431 e. The minimum Gasteiger partial charge on any atom is -0.431 e. The summed E-state index contributed by atoms with van der Waals surface area (Å²) in [4.78, 5) is 12.5. The van der Waals surface area contributed by atoms with Crippen molar-refractivity contribution >= 4 is 5.97 Å². The summed E-state index contributed by atoms with van der Waals surface area (Å²) in [6, 6.07) is 0. The Morgan fingerprint density at radius 1 is 1.60 bits per heavy atom. The van der Waals surface area contributed by atoms with E-state index in [1.165, 1.54) is 6.26 Å². The summed E-state index contributed by atoms with van der Waals surface area (Å²) >= 11 is 0. The van der Waals surface area contributed by atoms with Crippen LogP contribution >= 0.6 is 0 Å². The summed E-state index contributed by atoms with van der Waals surface area (Å²) < 4.78 is 4.55. The third-order valence-corrected chi connectivity index (χ3v) is 1.06. The second-order valence-electron chi connectivity index (χ2n) is 2.26. The van der Waals surface area contributed by atoms with Crippen LogP contribution in [-0.2, 0) is 9.53 Å². The van der Waals surface area contributed by atoms with Crippen molar-refractivity contribution in [3.63, 3.8) is 0 Å². The van der Waals surface area contributed by atoms with Crippen molar-refractivity contribution in [2.45, 2.75) is 0 Å². The molecule has 3 heteroatoms. The van der Waals surface area contributed by atoms with Crippen molar-refractivity contribution in [2.24, 2.45) is 0 Å². The summed E-state index contributed by atoms with van der Waals surface area (Å²) in [5.41, 5.74) is 0.588. The van der Waals surface area contributed by atoms with Crippen LogP contribution in [0.4, 0.5) is 0 Å². The van der Waals surface area contributed by atoms with E-state index in [0.717, 1.165) is 0 Å². The Bertz CT molecular complexity index is 204. The van der Waals surface area contributed by atoms with Crippen molar-refractivity contribution in [1.82, 2.24) is 4.90 Å². The van der Waals surface area contributed by atoms with Gasteiger partial charge in [-0.25, -0.2) is 4.79 Å². The Kier molecular flexibility index (Phi) is 1.76. The average molecular weight is 139 g/mol. The van der Waals surface area contributed by atoms with Gasteiger partial charge in [0.25, 0.3) is 0 Å². The molecule has 0 radical (unpaired) electrons. The SMILES string of the molecule is CN(C)/C=C1\C=COC1=O. The van der Waals surface area contributed by atoms with E-state index >= 15 is 0 Å². The second kappa shape index (κ2) is 2.56. The molecular weight excluding hydrogens is 130 g/mol. The first-order valence-electron chi connectivity index (χ1n) is 2.96. The number of cyclic esters (lactones) is 1. The Morgan fingerprint density at radius 3 is 2.70 bits per heavy atom. The summed E-state index contributed by atoms with van der Waals surface area (Å²) in [6.07, 6.45) is 4.74. The predicted octanol–water partition coefficient (Wildman–Crippen LogP) is 0.502. The molecule has 10 heavy (non-hydrogen) atoms. The molecule has 0 fully saturated rings. The van der Waals surface area contributed by atoms with E-state index in [2.05, 4.69) is 4.74 Å². The zero-order valence-electron chi connectivity index (χ0n) is 6.00. The fraction of sp³-hybridized carbons (Fsp3) is 0.286. The molecule has 3 nitrogen and oxygen atoms in total. The minimum atomic E-state index is -0.284. The fourth-order valence-electron chi connectivity index (χ4n) is 0.679. The Balaban J connectivity index is 2.72. The van der Waals surface area contributed by atoms with E-state index in [4.69, 9.17) is 0 Å². The van der Waals surface area contributed by atoms with Gasteiger partial charge in [0.1, 0.15) is 0 Å². The first-order chi connectivity index (χ1) is 4.70. The highest BCUT2D eigenvalue weighted by molar-refractivity contribution is 5.93. The monoisotopic (exact) mass is 139 g/mol. The van der Waals surface area contributed by atoms with Crippen LogP contribution in [0.15, 0.2) is 24.1 Å². The molecule has 1 rings (SSSR count). The second-order valence-corrected chi connectivity index (χ2v) is 2.26. The maximum Gasteiger partial charge on any atom is 0.344 e. The molecule has 0 aromatic rings. The molecule has 1 aliphatic heterocycles. The van der Waals surface area contributed by atoms with Crippen LogP contribution < -0.4 is 0 Å². The number of hydrogen-bond donors (Lipinski definition) is 0. The lowest BCUT2D eigenvalue weighted by Crippen LogP contribution is -2.05. The summed E-state index contributed by atoms with van der Waals surface area (Å²) in [6.45, 7) is 0. The zero-order chi connectivity index (χ0) is 7.56. The molecule has 0 N–H and O–H groups in total. The van der Waals surface area contributed by atoms with E-state index < -0.39 is 0 Å². The molecule has 54 valence electrons. The van der Waals surface area contributed by atoms with Gasteiger partial charge in [0, 0.05) is 20.3 Å². The van der Waals surface area contributed by atoms with Crippen LogP contribution in [0.25, 0.3) is 0 Å². The Hall–Kier alpha value is -1.25. The van der Waals surface area contributed by atoms with E-state index in [9.17, 15) is 4.79 Å². The molecule has 0 aromatic heterocycles. The Labute approximate surface area is 59.6 Å². The lowest BCUT2D eigenvalue weighted by molar-refractivity contribution is -0.132. The number of carbonyl (C=O) groups is 1. The standard InChI is InChI=1S/C7H9NO2/c1-8(2)5-6-3-4-10-7(6)9/h3-5H,1-2H3/b6-5+. The molecule has 0 saturated heterocycles. The molecule has 0 bridgehead atoms. The average Bonchev–Trinajstić information content (AvgIpc) is 2.15. The quantitative estimate of drug-likeness (QED) is 0.391. The van der Waals surface area contributed by atoms with Gasteiger partial charge in [0.15, 0.2) is 0 Å². The third kappa shape index (κ3) is 1.37. The normalized spacial score (nSPS) is 19.8. The molecule has 0 amide bonds. The fourth-order valence-corrected chi connectivity index (χ4v) is 0.679. The van der Waals surface area contributed by atoms with Crippen LogP contribution in [0.5, 0.6) is 0 Å². The molecular formula is C7H9NO2. The first-order valence-corrected chi connectivity index (χ1v) is 2.96. The Morgan fingerprint density at radius 2 is 2.30 bits per heavy atom. The molecule has 0 aliphatic carbocycles. The van der Waals surface area contributed by atoms with Crippen molar-refractivity contribution in [3.8, 4) is 0 Å². The van der Waals surface area contributed by atoms with Crippen molar-refractivity contribution in [1.29, 1.82) is 0 Å². The van der Waals surface area contributed by atoms with Crippen LogP contribution in [-0.4, -0.2) is 25.0 Å². The first kappa shape index (κ1) is 6.86. The number of nitrogens with zero attached hydrogens (tertiary/aromatic N) is 1. The van der Waals surface area contributed by atoms with Gasteiger partial charge in [-0.3, -0.25) is 0 Å². The molecule has 0 atom stereocenters. The van der Waals surface area contributed by atoms with Gasteiger partial charge in [-0.2, -0.15) is 0 Å². The van der Waals surface area contributed by atoms with E-state index in [0.29, 0.717) is 5.57 Å². The third-order valence-electron chi connectivity index (χ3n) is 1.06. The number of esters is 1. The highest BCUT2D eigenvalue weighted by Gasteiger charge is 2.12. The summed E-state index contributed by atoms with van der Waals surface area (Å²) in [5.74, 6) is -0.284. The highest BCUT2D eigenvalue weighted by Crippen LogP contribution is 2.08. The summed E-state index contributed by atoms with van der Waals surface area (Å²) in [7, 11) is 3.71. The molecule has 0 saturated carbocycles. The van der Waals surface area contributed by atoms with Crippen molar-refractivity contribution < 1.29 is 9.53 Å². The maximum absolute atomic E-state index is 10.7. The molecule has 0 aromatic carbocycles. The summed E-state index contributed by atoms with van der Waals surface area (Å²) in [5, 5.41) is 0. The minimum absolute atomic E-state index is 0.284. The molecule has 0 unspecified atom stereocenters. The van der Waals surface area contributed by atoms with Crippen LogP contribution in [0.2, 0.25) is 0 Å². The van der Waals surface area contributed by atoms with E-state index in [1.54, 1.807) is 17.2 Å². The molecule has 1 heterocycles. The van der Waals surface area contributed by atoms with Crippen LogP contribution in [0.1, 0.15) is 0 Å². The molecule has 1 aliphatic rings. The predicted molar refractivity (Wildman–Crippen MR) is 37.0 cm³/mol. The van der Waals surface area contributed by atoms with Gasteiger partial charge in [-0.05, 0) is 6.08 Å². The van der Waals surface area contributed by atoms with E-state index in [1.807, 2.05) is 14.1 Å². The lowest BCUT2D eigenvalue weighted by Gasteiger charge is -2.03. The van der Waals surface area contributed by atoms with Gasteiger partial charge < -0.3 is 9.64 Å². The van der Waals surface area contributed by atoms with Gasteiger partial charge in [0.05, 0.1) is 11.8 Å².